The van der Waals surface area contributed by atoms with Crippen LogP contribution in [0.1, 0.15) is 12.0 Å². The average molecular weight is 364 g/mol. The molecule has 8 heteroatoms. The van der Waals surface area contributed by atoms with E-state index < -0.39 is 21.6 Å². The smallest absolute Gasteiger partial charge is 0.224 e. The lowest BCUT2D eigenvalue weighted by Gasteiger charge is -2.12. The van der Waals surface area contributed by atoms with Gasteiger partial charge in [0.1, 0.15) is 11.6 Å². The van der Waals surface area contributed by atoms with Crippen molar-refractivity contribution in [3.05, 3.63) is 54.0 Å². The van der Waals surface area contributed by atoms with Crippen molar-refractivity contribution in [1.82, 2.24) is 10.3 Å². The predicted octanol–water partition coefficient (Wildman–Crippen LogP) is 2.06. The van der Waals surface area contributed by atoms with Crippen molar-refractivity contribution in [3.63, 3.8) is 0 Å². The summed E-state index contributed by atoms with van der Waals surface area (Å²) in [6, 6.07) is 9.09. The molecule has 132 valence electrons. The lowest BCUT2D eigenvalue weighted by molar-refractivity contribution is -0.124. The summed E-state index contributed by atoms with van der Waals surface area (Å²) in [5.74, 6) is -0.757. The molecule has 0 radical (unpaired) electrons. The maximum atomic E-state index is 13.3. The van der Waals surface area contributed by atoms with Crippen molar-refractivity contribution in [3.8, 4) is 11.6 Å². The molecule has 1 amide bonds. The molecule has 0 unspecified atom stereocenters. The van der Waals surface area contributed by atoms with Crippen molar-refractivity contribution < 1.29 is 22.3 Å². The van der Waals surface area contributed by atoms with Crippen molar-refractivity contribution in [2.75, 3.05) is 11.5 Å². The van der Waals surface area contributed by atoms with Gasteiger partial charge in [0.25, 0.3) is 0 Å². The van der Waals surface area contributed by atoms with Gasteiger partial charge in [0, 0.05) is 24.4 Å². The number of carbonyl (C=O) groups is 1. The number of hydrogen-bond acceptors (Lipinski definition) is 5. The summed E-state index contributed by atoms with van der Waals surface area (Å²) in [7, 11) is -3.11. The monoisotopic (exact) mass is 364 g/mol. The highest BCUT2D eigenvalue weighted by Gasteiger charge is 2.32. The van der Waals surface area contributed by atoms with Gasteiger partial charge in [-0.05, 0) is 24.6 Å². The molecule has 1 atom stereocenters. The average Bonchev–Trinajstić information content (AvgIpc) is 2.94. The Morgan fingerprint density at radius 2 is 2.16 bits per heavy atom. The lowest BCUT2D eigenvalue weighted by atomic mass is 10.1. The summed E-state index contributed by atoms with van der Waals surface area (Å²) in [5, 5.41) is 2.72. The number of halogens is 1. The van der Waals surface area contributed by atoms with E-state index in [4.69, 9.17) is 4.74 Å². The number of benzene rings is 1. The molecule has 1 N–H and O–H groups in total. The minimum atomic E-state index is -3.11. The molecule has 1 aromatic heterocycles. The molecule has 6 nitrogen and oxygen atoms in total. The van der Waals surface area contributed by atoms with Gasteiger partial charge in [0.2, 0.25) is 11.8 Å². The van der Waals surface area contributed by atoms with Crippen molar-refractivity contribution in [2.45, 2.75) is 13.0 Å². The van der Waals surface area contributed by atoms with Gasteiger partial charge in [-0.2, -0.15) is 0 Å². The molecule has 0 saturated carbocycles. The van der Waals surface area contributed by atoms with E-state index >= 15 is 0 Å². The van der Waals surface area contributed by atoms with Gasteiger partial charge in [-0.25, -0.2) is 17.8 Å². The van der Waals surface area contributed by atoms with Crippen molar-refractivity contribution in [2.24, 2.45) is 5.92 Å². The third kappa shape index (κ3) is 4.54. The van der Waals surface area contributed by atoms with Gasteiger partial charge in [-0.15, -0.1) is 0 Å². The summed E-state index contributed by atoms with van der Waals surface area (Å²) in [6.45, 7) is 0.147. The molecule has 2 aromatic rings. The number of pyridine rings is 1. The van der Waals surface area contributed by atoms with Crippen LogP contribution in [0.3, 0.4) is 0 Å². The van der Waals surface area contributed by atoms with Gasteiger partial charge in [-0.3, -0.25) is 4.79 Å². The Morgan fingerprint density at radius 1 is 1.32 bits per heavy atom. The summed E-state index contributed by atoms with van der Waals surface area (Å²) < 4.78 is 41.8. The Kier molecular flexibility index (Phi) is 4.98. The number of nitrogens with zero attached hydrogens (tertiary/aromatic N) is 1. The number of rotatable bonds is 5. The Labute approximate surface area is 145 Å². The Morgan fingerprint density at radius 3 is 2.88 bits per heavy atom. The maximum absolute atomic E-state index is 13.3. The minimum absolute atomic E-state index is 0.0475. The summed E-state index contributed by atoms with van der Waals surface area (Å²) in [4.78, 5) is 16.2. The fraction of sp³-hybridized carbons (Fsp3) is 0.294. The van der Waals surface area contributed by atoms with Crippen LogP contribution < -0.4 is 10.1 Å². The third-order valence-electron chi connectivity index (χ3n) is 3.92. The summed E-state index contributed by atoms with van der Waals surface area (Å²) >= 11 is 0. The first-order chi connectivity index (χ1) is 11.9. The predicted molar refractivity (Wildman–Crippen MR) is 89.3 cm³/mol. The molecule has 1 aliphatic rings. The number of amides is 1. The van der Waals surface area contributed by atoms with Gasteiger partial charge in [0.05, 0.1) is 17.4 Å². The maximum Gasteiger partial charge on any atom is 0.224 e. The van der Waals surface area contributed by atoms with Gasteiger partial charge in [-0.1, -0.05) is 12.1 Å². The van der Waals surface area contributed by atoms with Crippen LogP contribution in [0.2, 0.25) is 0 Å². The van der Waals surface area contributed by atoms with Crippen molar-refractivity contribution >= 4 is 15.7 Å². The molecule has 1 aliphatic heterocycles. The summed E-state index contributed by atoms with van der Waals surface area (Å²) in [5.41, 5.74) is 0.612. The molecule has 1 aromatic carbocycles. The molecule has 1 saturated heterocycles. The molecule has 0 aliphatic carbocycles. The topological polar surface area (TPSA) is 85.4 Å². The highest BCUT2D eigenvalue weighted by atomic mass is 32.2. The first-order valence-electron chi connectivity index (χ1n) is 7.78. The van der Waals surface area contributed by atoms with Crippen LogP contribution in [0.5, 0.6) is 11.6 Å². The van der Waals surface area contributed by atoms with E-state index in [-0.39, 0.29) is 29.8 Å². The van der Waals surface area contributed by atoms with Gasteiger partial charge >= 0.3 is 0 Å². The second-order valence-electron chi connectivity index (χ2n) is 5.84. The number of ether oxygens (including phenoxy) is 1. The van der Waals surface area contributed by atoms with Crippen LogP contribution in [0, 0.1) is 11.7 Å². The molecule has 2 heterocycles. The van der Waals surface area contributed by atoms with Crippen LogP contribution in [0.4, 0.5) is 4.39 Å². The SMILES string of the molecule is O=C(NCc1cccnc1Oc1cccc(F)c1)[C@H]1CCS(=O)(=O)C1. The van der Waals surface area contributed by atoms with E-state index in [1.54, 1.807) is 18.2 Å². The molecule has 3 rings (SSSR count). The zero-order valence-electron chi connectivity index (χ0n) is 13.3. The van der Waals surface area contributed by atoms with Crippen LogP contribution in [-0.4, -0.2) is 30.8 Å². The van der Waals surface area contributed by atoms with Crippen LogP contribution in [-0.2, 0) is 21.2 Å². The van der Waals surface area contributed by atoms with E-state index in [0.717, 1.165) is 0 Å². The van der Waals surface area contributed by atoms with E-state index in [0.29, 0.717) is 17.7 Å². The van der Waals surface area contributed by atoms with Gasteiger partial charge < -0.3 is 10.1 Å². The highest BCUT2D eigenvalue weighted by molar-refractivity contribution is 7.91. The minimum Gasteiger partial charge on any atom is -0.439 e. The number of hydrogen-bond donors (Lipinski definition) is 1. The second kappa shape index (κ2) is 7.18. The molecular formula is C17H17FN2O4S. The van der Waals surface area contributed by atoms with E-state index in [1.165, 1.54) is 24.4 Å². The Bertz CT molecular complexity index is 886. The first kappa shape index (κ1) is 17.3. The van der Waals surface area contributed by atoms with Crippen LogP contribution in [0.15, 0.2) is 42.6 Å². The molecule has 1 fully saturated rings. The number of aromatic nitrogens is 1. The summed E-state index contributed by atoms with van der Waals surface area (Å²) in [6.07, 6.45) is 1.87. The number of sulfone groups is 1. The molecule has 25 heavy (non-hydrogen) atoms. The zero-order valence-corrected chi connectivity index (χ0v) is 14.1. The fourth-order valence-electron chi connectivity index (χ4n) is 2.62. The first-order valence-corrected chi connectivity index (χ1v) is 9.60. The van der Waals surface area contributed by atoms with Crippen LogP contribution in [0.25, 0.3) is 0 Å². The normalized spacial score (nSPS) is 18.7. The fourth-order valence-corrected chi connectivity index (χ4v) is 4.36. The number of nitrogens with one attached hydrogen (secondary N) is 1. The van der Waals surface area contributed by atoms with E-state index in [9.17, 15) is 17.6 Å². The standard InChI is InChI=1S/C17H17FN2O4S/c18-14-4-1-5-15(9-14)24-17-12(3-2-7-19-17)10-20-16(21)13-6-8-25(22,23)11-13/h1-5,7,9,13H,6,8,10-11H2,(H,20,21)/t13-/m0/s1. The van der Waals surface area contributed by atoms with Crippen LogP contribution >= 0.6 is 0 Å². The Hall–Kier alpha value is -2.48. The van der Waals surface area contributed by atoms with Crippen molar-refractivity contribution in [1.29, 1.82) is 0 Å². The number of carbonyl (C=O) groups excluding carboxylic acids is 1. The zero-order chi connectivity index (χ0) is 17.9. The molecule has 0 bridgehead atoms. The Balaban J connectivity index is 1.66. The largest absolute Gasteiger partial charge is 0.439 e. The van der Waals surface area contributed by atoms with Gasteiger partial charge in [0.15, 0.2) is 9.84 Å². The molecular weight excluding hydrogens is 347 g/mol. The highest BCUT2D eigenvalue weighted by Crippen LogP contribution is 2.24. The molecule has 0 spiro atoms. The lowest BCUT2D eigenvalue weighted by Crippen LogP contribution is -2.31. The second-order valence-corrected chi connectivity index (χ2v) is 8.07. The quantitative estimate of drug-likeness (QED) is 0.878. The van der Waals surface area contributed by atoms with E-state index in [1.807, 2.05) is 0 Å². The third-order valence-corrected chi connectivity index (χ3v) is 5.68. The van der Waals surface area contributed by atoms with E-state index in [2.05, 4.69) is 10.3 Å².